The minimum Gasteiger partial charge on any atom is -0.381 e. The predicted octanol–water partition coefficient (Wildman–Crippen LogP) is 4.62. The summed E-state index contributed by atoms with van der Waals surface area (Å²) < 4.78 is 0.822. The lowest BCUT2D eigenvalue weighted by Crippen LogP contribution is -1.99. The molecule has 6 heteroatoms. The van der Waals surface area contributed by atoms with Crippen LogP contribution in [-0.4, -0.2) is 4.92 Å². The number of nitrogens with zero attached hydrogens (tertiary/aromatic N) is 1. The van der Waals surface area contributed by atoms with Crippen molar-refractivity contribution in [2.24, 2.45) is 0 Å². The van der Waals surface area contributed by atoms with Gasteiger partial charge in [-0.05, 0) is 39.7 Å². The zero-order valence-corrected chi connectivity index (χ0v) is 12.1. The fourth-order valence-electron chi connectivity index (χ4n) is 1.55. The van der Waals surface area contributed by atoms with E-state index in [-0.39, 0.29) is 5.69 Å². The van der Waals surface area contributed by atoms with E-state index < -0.39 is 4.92 Å². The van der Waals surface area contributed by atoms with Gasteiger partial charge in [0.25, 0.3) is 5.69 Å². The molecule has 0 spiro atoms. The number of hydrogen-bond donors (Lipinski definition) is 1. The highest BCUT2D eigenvalue weighted by molar-refractivity contribution is 9.10. The molecular formula is C13H10BrClN2O2. The molecule has 0 aromatic heterocycles. The minimum absolute atomic E-state index is 0.0954. The molecule has 0 saturated heterocycles. The van der Waals surface area contributed by atoms with Crippen LogP contribution in [0.2, 0.25) is 5.02 Å². The zero-order chi connectivity index (χ0) is 13.8. The van der Waals surface area contributed by atoms with E-state index in [2.05, 4.69) is 21.2 Å². The van der Waals surface area contributed by atoms with Crippen LogP contribution < -0.4 is 5.32 Å². The predicted molar refractivity (Wildman–Crippen MR) is 79.6 cm³/mol. The Kier molecular flexibility index (Phi) is 4.39. The van der Waals surface area contributed by atoms with Crippen LogP contribution in [0.1, 0.15) is 5.56 Å². The van der Waals surface area contributed by atoms with Crippen molar-refractivity contribution in [1.82, 2.24) is 0 Å². The van der Waals surface area contributed by atoms with Crippen molar-refractivity contribution in [3.63, 3.8) is 0 Å². The lowest BCUT2D eigenvalue weighted by atomic mass is 10.2. The second-order valence-electron chi connectivity index (χ2n) is 3.91. The number of nitro benzene ring substituents is 1. The summed E-state index contributed by atoms with van der Waals surface area (Å²) in [6.07, 6.45) is 0. The molecule has 2 aromatic carbocycles. The number of hydrogen-bond acceptors (Lipinski definition) is 3. The van der Waals surface area contributed by atoms with Gasteiger partial charge in [-0.2, -0.15) is 0 Å². The summed E-state index contributed by atoms with van der Waals surface area (Å²) in [4.78, 5) is 10.1. The largest absolute Gasteiger partial charge is 0.381 e. The van der Waals surface area contributed by atoms with Crippen LogP contribution in [0.5, 0.6) is 0 Å². The van der Waals surface area contributed by atoms with Crippen LogP contribution in [0.3, 0.4) is 0 Å². The van der Waals surface area contributed by atoms with Crippen molar-refractivity contribution in [1.29, 1.82) is 0 Å². The van der Waals surface area contributed by atoms with Crippen LogP contribution in [0.25, 0.3) is 0 Å². The topological polar surface area (TPSA) is 55.2 Å². The molecule has 0 aliphatic heterocycles. The van der Waals surface area contributed by atoms with E-state index in [0.717, 1.165) is 15.7 Å². The SMILES string of the molecule is O=[N+]([O-])c1ccc(CNc2ccc(Cl)c(Br)c2)cc1. The Balaban J connectivity index is 2.01. The summed E-state index contributed by atoms with van der Waals surface area (Å²) in [6.45, 7) is 0.589. The lowest BCUT2D eigenvalue weighted by molar-refractivity contribution is -0.384. The Bertz CT molecular complexity index is 602. The normalized spacial score (nSPS) is 10.2. The second kappa shape index (κ2) is 6.04. The monoisotopic (exact) mass is 340 g/mol. The van der Waals surface area contributed by atoms with Gasteiger partial charge in [0.05, 0.1) is 9.95 Å². The molecular weight excluding hydrogens is 332 g/mol. The van der Waals surface area contributed by atoms with Gasteiger partial charge in [0.15, 0.2) is 0 Å². The summed E-state index contributed by atoms with van der Waals surface area (Å²) in [7, 11) is 0. The molecule has 98 valence electrons. The average Bonchev–Trinajstić information content (AvgIpc) is 2.40. The molecule has 0 fully saturated rings. The van der Waals surface area contributed by atoms with E-state index in [1.54, 1.807) is 18.2 Å². The van der Waals surface area contributed by atoms with E-state index >= 15 is 0 Å². The smallest absolute Gasteiger partial charge is 0.269 e. The molecule has 0 heterocycles. The molecule has 0 unspecified atom stereocenters. The molecule has 0 atom stereocenters. The number of non-ortho nitro benzene ring substituents is 1. The third-order valence-electron chi connectivity index (χ3n) is 2.56. The number of anilines is 1. The maximum atomic E-state index is 10.5. The number of halogens is 2. The fraction of sp³-hybridized carbons (Fsp3) is 0.0769. The van der Waals surface area contributed by atoms with Gasteiger partial charge >= 0.3 is 0 Å². The van der Waals surface area contributed by atoms with Crippen LogP contribution >= 0.6 is 27.5 Å². The van der Waals surface area contributed by atoms with Crippen LogP contribution in [0.15, 0.2) is 46.9 Å². The standard InChI is InChI=1S/C13H10BrClN2O2/c14-12-7-10(3-6-13(12)15)16-8-9-1-4-11(5-2-9)17(18)19/h1-7,16H,8H2. The molecule has 19 heavy (non-hydrogen) atoms. The molecule has 0 bridgehead atoms. The number of nitrogens with one attached hydrogen (secondary N) is 1. The third-order valence-corrected chi connectivity index (χ3v) is 3.78. The summed E-state index contributed by atoms with van der Waals surface area (Å²) in [6, 6.07) is 12.0. The highest BCUT2D eigenvalue weighted by Gasteiger charge is 2.04. The van der Waals surface area contributed by atoms with E-state index in [4.69, 9.17) is 11.6 Å². The van der Waals surface area contributed by atoms with Crippen LogP contribution in [0, 0.1) is 10.1 Å². The first kappa shape index (κ1) is 13.8. The Hall–Kier alpha value is -1.59. The Labute approximate surface area is 123 Å². The Morgan fingerprint density at radius 3 is 2.47 bits per heavy atom. The van der Waals surface area contributed by atoms with Crippen LogP contribution in [0.4, 0.5) is 11.4 Å². The van der Waals surface area contributed by atoms with Crippen molar-refractivity contribution in [3.05, 3.63) is 67.6 Å². The van der Waals surface area contributed by atoms with E-state index in [9.17, 15) is 10.1 Å². The van der Waals surface area contributed by atoms with Gasteiger partial charge in [-0.25, -0.2) is 0 Å². The highest BCUT2D eigenvalue weighted by Crippen LogP contribution is 2.25. The van der Waals surface area contributed by atoms with Crippen molar-refractivity contribution in [3.8, 4) is 0 Å². The zero-order valence-electron chi connectivity index (χ0n) is 9.77. The molecule has 0 aliphatic carbocycles. The van der Waals surface area contributed by atoms with Gasteiger partial charge in [0.1, 0.15) is 0 Å². The second-order valence-corrected chi connectivity index (χ2v) is 5.17. The van der Waals surface area contributed by atoms with Crippen LogP contribution in [-0.2, 0) is 6.54 Å². The first-order valence-corrected chi connectivity index (χ1v) is 6.65. The van der Waals surface area contributed by atoms with Crippen molar-refractivity contribution in [2.45, 2.75) is 6.54 Å². The lowest BCUT2D eigenvalue weighted by Gasteiger charge is -2.07. The third kappa shape index (κ3) is 3.68. The maximum Gasteiger partial charge on any atom is 0.269 e. The fourth-order valence-corrected chi connectivity index (χ4v) is 2.04. The van der Waals surface area contributed by atoms with Gasteiger partial charge in [0.2, 0.25) is 0 Å². The molecule has 1 N–H and O–H groups in total. The van der Waals surface area contributed by atoms with Gasteiger partial charge in [-0.1, -0.05) is 23.7 Å². The summed E-state index contributed by atoms with van der Waals surface area (Å²) in [5, 5.41) is 14.4. The molecule has 0 amide bonds. The van der Waals surface area contributed by atoms with Crippen molar-refractivity contribution >= 4 is 38.9 Å². The number of rotatable bonds is 4. The molecule has 0 radical (unpaired) electrons. The molecule has 0 saturated carbocycles. The van der Waals surface area contributed by atoms with Gasteiger partial charge in [0, 0.05) is 28.8 Å². The molecule has 0 aliphatic rings. The van der Waals surface area contributed by atoms with Gasteiger partial charge < -0.3 is 5.32 Å². The van der Waals surface area contributed by atoms with E-state index in [1.165, 1.54) is 12.1 Å². The minimum atomic E-state index is -0.409. The Morgan fingerprint density at radius 1 is 1.21 bits per heavy atom. The molecule has 2 aromatic rings. The average molecular weight is 342 g/mol. The van der Waals surface area contributed by atoms with Gasteiger partial charge in [-0.3, -0.25) is 10.1 Å². The summed E-state index contributed by atoms with van der Waals surface area (Å²) in [5.41, 5.74) is 1.99. The highest BCUT2D eigenvalue weighted by atomic mass is 79.9. The summed E-state index contributed by atoms with van der Waals surface area (Å²) >= 11 is 9.26. The summed E-state index contributed by atoms with van der Waals surface area (Å²) in [5.74, 6) is 0. The molecule has 2 rings (SSSR count). The molecule has 4 nitrogen and oxygen atoms in total. The number of nitro groups is 1. The van der Waals surface area contributed by atoms with E-state index in [0.29, 0.717) is 11.6 Å². The quantitative estimate of drug-likeness (QED) is 0.652. The van der Waals surface area contributed by atoms with E-state index in [1.807, 2.05) is 12.1 Å². The van der Waals surface area contributed by atoms with Crippen molar-refractivity contribution < 1.29 is 4.92 Å². The first-order chi connectivity index (χ1) is 9.06. The maximum absolute atomic E-state index is 10.5. The first-order valence-electron chi connectivity index (χ1n) is 5.48. The van der Waals surface area contributed by atoms with Gasteiger partial charge in [-0.15, -0.1) is 0 Å². The number of benzene rings is 2. The van der Waals surface area contributed by atoms with Crippen molar-refractivity contribution in [2.75, 3.05) is 5.32 Å². The Morgan fingerprint density at radius 2 is 1.89 bits per heavy atom.